The van der Waals surface area contributed by atoms with Crippen molar-refractivity contribution in [1.82, 2.24) is 4.90 Å². The highest BCUT2D eigenvalue weighted by molar-refractivity contribution is 5.86. The van der Waals surface area contributed by atoms with Gasteiger partial charge in [-0.3, -0.25) is 4.74 Å². The Bertz CT molecular complexity index is 607. The summed E-state index contributed by atoms with van der Waals surface area (Å²) in [6.45, 7) is 6.05. The van der Waals surface area contributed by atoms with Crippen molar-refractivity contribution < 1.29 is 19.0 Å². The van der Waals surface area contributed by atoms with Gasteiger partial charge in [0, 0.05) is 19.9 Å². The molecule has 2 heterocycles. The van der Waals surface area contributed by atoms with Crippen LogP contribution in [-0.4, -0.2) is 35.1 Å². The Balaban J connectivity index is 1.85. The third-order valence-electron chi connectivity index (χ3n) is 3.78. The minimum absolute atomic E-state index is 0.428. The van der Waals surface area contributed by atoms with E-state index in [9.17, 15) is 4.79 Å². The third kappa shape index (κ3) is 2.21. The molecule has 0 N–H and O–H groups in total. The van der Waals surface area contributed by atoms with Gasteiger partial charge < -0.3 is 14.4 Å². The van der Waals surface area contributed by atoms with Gasteiger partial charge in [0.25, 0.3) is 5.79 Å². The van der Waals surface area contributed by atoms with Gasteiger partial charge in [0.15, 0.2) is 0 Å². The average Bonchev–Trinajstić information content (AvgIpc) is 3.05. The smallest absolute Gasteiger partial charge is 0.367 e. The van der Waals surface area contributed by atoms with Crippen LogP contribution in [0.25, 0.3) is 0 Å². The van der Waals surface area contributed by atoms with Crippen molar-refractivity contribution in [3.05, 3.63) is 48.2 Å². The molecule has 2 atom stereocenters. The Kier molecular flexibility index (Phi) is 3.30. The molecule has 1 saturated heterocycles. The molecule has 2 aliphatic rings. The number of fused-ring (bicyclic) bond motifs is 1. The quantitative estimate of drug-likeness (QED) is 0.631. The lowest BCUT2D eigenvalue weighted by Gasteiger charge is -2.28. The fourth-order valence-electron chi connectivity index (χ4n) is 2.73. The molecule has 0 spiro atoms. The predicted octanol–water partition coefficient (Wildman–Crippen LogP) is 2.43. The molecule has 118 valence electrons. The van der Waals surface area contributed by atoms with Crippen LogP contribution < -0.4 is 0 Å². The maximum atomic E-state index is 12.7. The number of esters is 1. The molecule has 0 aromatic heterocycles. The van der Waals surface area contributed by atoms with E-state index < -0.39 is 23.1 Å². The molecule has 2 aliphatic heterocycles. The molecule has 5 nitrogen and oxygen atoms in total. The van der Waals surface area contributed by atoms with Gasteiger partial charge in [-0.15, -0.1) is 0 Å². The fraction of sp³-hybridized carbons (Fsp3) is 0.471. The molecular formula is C17H21NO4. The van der Waals surface area contributed by atoms with Crippen molar-refractivity contribution in [2.45, 2.75) is 44.4 Å². The van der Waals surface area contributed by atoms with Crippen molar-refractivity contribution in [2.75, 3.05) is 7.11 Å². The lowest BCUT2D eigenvalue weighted by molar-refractivity contribution is -0.168. The molecule has 0 amide bonds. The maximum absolute atomic E-state index is 12.7. The Hall–Kier alpha value is -1.85. The number of nitrogens with zero attached hydrogens (tertiary/aromatic N) is 1. The number of carbonyl (C=O) groups excluding carboxylic acids is 1. The first kappa shape index (κ1) is 15.1. The van der Waals surface area contributed by atoms with Gasteiger partial charge in [-0.05, 0) is 32.4 Å². The highest BCUT2D eigenvalue weighted by Gasteiger charge is 2.82. The van der Waals surface area contributed by atoms with E-state index in [1.165, 1.54) is 7.11 Å². The molecule has 1 aromatic rings. The second-order valence-corrected chi connectivity index (χ2v) is 6.55. The SMILES string of the molecule is COC12C=CN(Cc3ccccc3)C1(C(=O)OC(C)(C)C)O2. The largest absolute Gasteiger partial charge is 0.456 e. The van der Waals surface area contributed by atoms with Crippen LogP contribution in [0.5, 0.6) is 0 Å². The molecule has 0 bridgehead atoms. The van der Waals surface area contributed by atoms with E-state index >= 15 is 0 Å². The number of epoxide rings is 1. The van der Waals surface area contributed by atoms with E-state index in [0.717, 1.165) is 5.56 Å². The number of rotatable bonds is 4. The van der Waals surface area contributed by atoms with Crippen LogP contribution in [0, 0.1) is 0 Å². The summed E-state index contributed by atoms with van der Waals surface area (Å²) in [7, 11) is 1.53. The van der Waals surface area contributed by atoms with E-state index in [0.29, 0.717) is 6.54 Å². The van der Waals surface area contributed by atoms with E-state index in [4.69, 9.17) is 14.2 Å². The lowest BCUT2D eigenvalue weighted by atomic mass is 10.1. The van der Waals surface area contributed by atoms with Crippen LogP contribution in [0.4, 0.5) is 0 Å². The minimum atomic E-state index is -1.22. The van der Waals surface area contributed by atoms with Gasteiger partial charge in [-0.25, -0.2) is 4.79 Å². The summed E-state index contributed by atoms with van der Waals surface area (Å²) in [5.41, 5.74) is -0.721. The van der Waals surface area contributed by atoms with Gasteiger partial charge in [0.1, 0.15) is 5.60 Å². The second-order valence-electron chi connectivity index (χ2n) is 6.55. The van der Waals surface area contributed by atoms with Crippen molar-refractivity contribution in [2.24, 2.45) is 0 Å². The first-order valence-electron chi connectivity index (χ1n) is 7.32. The Labute approximate surface area is 130 Å². The molecule has 5 heteroatoms. The monoisotopic (exact) mass is 303 g/mol. The standard InChI is InChI=1S/C17H21NO4/c1-15(2,3)21-14(19)17-16(20-4,22-17)10-11-18(17)12-13-8-6-5-7-9-13/h5-11H,12H2,1-4H3. The van der Waals surface area contributed by atoms with Crippen molar-refractivity contribution in [1.29, 1.82) is 0 Å². The summed E-state index contributed by atoms with van der Waals surface area (Å²) in [6.07, 6.45) is 3.60. The topological polar surface area (TPSA) is 51.3 Å². The van der Waals surface area contributed by atoms with Gasteiger partial charge in [-0.1, -0.05) is 30.3 Å². The molecule has 0 aliphatic carbocycles. The van der Waals surface area contributed by atoms with Crippen molar-refractivity contribution in [3.8, 4) is 0 Å². The second kappa shape index (κ2) is 4.83. The summed E-state index contributed by atoms with van der Waals surface area (Å²) in [5, 5.41) is 0. The molecule has 0 radical (unpaired) electrons. The van der Waals surface area contributed by atoms with Gasteiger partial charge in [0.05, 0.1) is 0 Å². The number of carbonyl (C=O) groups is 1. The van der Waals surface area contributed by atoms with Crippen LogP contribution >= 0.6 is 0 Å². The maximum Gasteiger partial charge on any atom is 0.367 e. The fourth-order valence-corrected chi connectivity index (χ4v) is 2.73. The summed E-state index contributed by atoms with van der Waals surface area (Å²) in [6, 6.07) is 9.90. The van der Waals surface area contributed by atoms with E-state index in [2.05, 4.69) is 0 Å². The zero-order valence-electron chi connectivity index (χ0n) is 13.3. The summed E-state index contributed by atoms with van der Waals surface area (Å²) < 4.78 is 16.7. The Morgan fingerprint density at radius 1 is 1.27 bits per heavy atom. The molecule has 0 saturated carbocycles. The number of hydrogen-bond donors (Lipinski definition) is 0. The molecule has 1 aromatic carbocycles. The first-order valence-corrected chi connectivity index (χ1v) is 7.32. The number of ether oxygens (including phenoxy) is 3. The van der Waals surface area contributed by atoms with Crippen LogP contribution in [0.3, 0.4) is 0 Å². The van der Waals surface area contributed by atoms with Crippen LogP contribution in [0.1, 0.15) is 26.3 Å². The summed E-state index contributed by atoms with van der Waals surface area (Å²) >= 11 is 0. The summed E-state index contributed by atoms with van der Waals surface area (Å²) in [5.74, 6) is -1.47. The number of benzene rings is 1. The van der Waals surface area contributed by atoms with Crippen LogP contribution in [0.15, 0.2) is 42.6 Å². The highest BCUT2D eigenvalue weighted by atomic mass is 16.8. The van der Waals surface area contributed by atoms with E-state index in [1.54, 1.807) is 6.08 Å². The van der Waals surface area contributed by atoms with E-state index in [-0.39, 0.29) is 0 Å². The van der Waals surface area contributed by atoms with Crippen LogP contribution in [-0.2, 0) is 25.5 Å². The molecule has 1 fully saturated rings. The molecule has 3 rings (SSSR count). The molecule has 22 heavy (non-hydrogen) atoms. The number of methoxy groups -OCH3 is 1. The zero-order chi connectivity index (χ0) is 16.0. The molecule has 2 unspecified atom stereocenters. The Morgan fingerprint density at radius 2 is 1.95 bits per heavy atom. The van der Waals surface area contributed by atoms with Gasteiger partial charge >= 0.3 is 11.7 Å². The average molecular weight is 303 g/mol. The normalized spacial score (nSPS) is 29.4. The summed E-state index contributed by atoms with van der Waals surface area (Å²) in [4.78, 5) is 14.5. The van der Waals surface area contributed by atoms with Crippen molar-refractivity contribution in [3.63, 3.8) is 0 Å². The van der Waals surface area contributed by atoms with Crippen LogP contribution in [0.2, 0.25) is 0 Å². The van der Waals surface area contributed by atoms with E-state index in [1.807, 2.05) is 62.2 Å². The van der Waals surface area contributed by atoms with Gasteiger partial charge in [-0.2, -0.15) is 0 Å². The minimum Gasteiger partial charge on any atom is -0.456 e. The highest BCUT2D eigenvalue weighted by Crippen LogP contribution is 2.57. The van der Waals surface area contributed by atoms with Gasteiger partial charge in [0.2, 0.25) is 0 Å². The molecular weight excluding hydrogens is 282 g/mol. The first-order chi connectivity index (χ1) is 10.3. The predicted molar refractivity (Wildman–Crippen MR) is 80.5 cm³/mol. The van der Waals surface area contributed by atoms with Crippen molar-refractivity contribution >= 4 is 5.97 Å². The Morgan fingerprint density at radius 3 is 2.50 bits per heavy atom. The number of hydrogen-bond acceptors (Lipinski definition) is 5. The zero-order valence-corrected chi connectivity index (χ0v) is 13.3. The lowest BCUT2D eigenvalue weighted by Crippen LogP contribution is -2.47. The third-order valence-corrected chi connectivity index (χ3v) is 3.78.